The fraction of sp³-hybridized carbons (Fsp3) is 0.273. The molecule has 2 heterocycles. The number of hydrogen-bond donors (Lipinski definition) is 1. The summed E-state index contributed by atoms with van der Waals surface area (Å²) in [5, 5.41) is 3.09. The maximum Gasteiger partial charge on any atom is 0.338 e. The second kappa shape index (κ2) is 8.06. The molecule has 0 radical (unpaired) electrons. The quantitative estimate of drug-likeness (QED) is 0.654. The molecule has 0 saturated heterocycles. The van der Waals surface area contributed by atoms with Crippen LogP contribution in [-0.4, -0.2) is 27.5 Å². The number of hydrogen-bond acceptors (Lipinski definition) is 5. The highest BCUT2D eigenvalue weighted by molar-refractivity contribution is 5.95. The average Bonchev–Trinajstić information content (AvgIpc) is 3.21. The summed E-state index contributed by atoms with van der Waals surface area (Å²) in [6.45, 7) is 2.32. The number of halogens is 1. The number of aromatic nitrogens is 2. The standard InChI is InChI=1S/C22H20FN3O4/c1-13(20(27)24-12-14-4-7-16(23)8-5-14)30-22(29)15-6-9-17-18(11-15)25-19-3-2-10-26(19)21(17)28/h4-9,11,13H,2-3,10,12H2,1H3,(H,24,27)/t13-/m1/s1. The van der Waals surface area contributed by atoms with Crippen LogP contribution in [0.3, 0.4) is 0 Å². The number of benzene rings is 2. The van der Waals surface area contributed by atoms with Crippen molar-refractivity contribution in [3.05, 3.63) is 75.6 Å². The number of carbonyl (C=O) groups is 2. The Labute approximate surface area is 171 Å². The average molecular weight is 409 g/mol. The van der Waals surface area contributed by atoms with E-state index in [1.807, 2.05) is 0 Å². The third-order valence-electron chi connectivity index (χ3n) is 5.09. The minimum absolute atomic E-state index is 0.110. The van der Waals surface area contributed by atoms with Gasteiger partial charge in [0.25, 0.3) is 11.5 Å². The van der Waals surface area contributed by atoms with Gasteiger partial charge in [-0.1, -0.05) is 12.1 Å². The van der Waals surface area contributed by atoms with Crippen LogP contribution in [0.4, 0.5) is 4.39 Å². The van der Waals surface area contributed by atoms with Gasteiger partial charge in [0.05, 0.1) is 16.5 Å². The van der Waals surface area contributed by atoms with Crippen LogP contribution in [0.15, 0.2) is 47.3 Å². The number of carbonyl (C=O) groups excluding carboxylic acids is 2. The van der Waals surface area contributed by atoms with Gasteiger partial charge in [-0.3, -0.25) is 14.2 Å². The molecule has 0 spiro atoms. The number of aryl methyl sites for hydroxylation is 1. The normalized spacial score (nSPS) is 13.7. The highest BCUT2D eigenvalue weighted by atomic mass is 19.1. The summed E-state index contributed by atoms with van der Waals surface area (Å²) in [6, 6.07) is 10.3. The van der Waals surface area contributed by atoms with E-state index in [-0.39, 0.29) is 23.5 Å². The van der Waals surface area contributed by atoms with Crippen molar-refractivity contribution in [2.45, 2.75) is 39.0 Å². The van der Waals surface area contributed by atoms with E-state index in [9.17, 15) is 18.8 Å². The molecule has 0 unspecified atom stereocenters. The van der Waals surface area contributed by atoms with E-state index >= 15 is 0 Å². The Hall–Kier alpha value is -3.55. The van der Waals surface area contributed by atoms with Crippen molar-refractivity contribution < 1.29 is 18.7 Å². The van der Waals surface area contributed by atoms with Crippen molar-refractivity contribution in [1.29, 1.82) is 0 Å². The SMILES string of the molecule is C[C@@H](OC(=O)c1ccc2c(=O)n3c(nc2c1)CCC3)C(=O)NCc1ccc(F)cc1. The van der Waals surface area contributed by atoms with Crippen LogP contribution in [0.2, 0.25) is 0 Å². The minimum Gasteiger partial charge on any atom is -0.449 e. The van der Waals surface area contributed by atoms with Crippen molar-refractivity contribution in [3.8, 4) is 0 Å². The van der Waals surface area contributed by atoms with Crippen LogP contribution >= 0.6 is 0 Å². The van der Waals surface area contributed by atoms with Crippen molar-refractivity contribution in [2.24, 2.45) is 0 Å². The van der Waals surface area contributed by atoms with Gasteiger partial charge in [0, 0.05) is 19.5 Å². The van der Waals surface area contributed by atoms with E-state index < -0.39 is 18.0 Å². The van der Waals surface area contributed by atoms with E-state index in [0.717, 1.165) is 18.4 Å². The molecule has 1 amide bonds. The largest absolute Gasteiger partial charge is 0.449 e. The molecule has 1 aromatic heterocycles. The monoisotopic (exact) mass is 409 g/mol. The predicted octanol–water partition coefficient (Wildman–Crippen LogP) is 2.34. The van der Waals surface area contributed by atoms with Gasteiger partial charge in [0.1, 0.15) is 11.6 Å². The zero-order valence-electron chi connectivity index (χ0n) is 16.4. The van der Waals surface area contributed by atoms with E-state index in [1.165, 1.54) is 31.2 Å². The zero-order chi connectivity index (χ0) is 21.3. The molecule has 154 valence electrons. The number of esters is 1. The second-order valence-corrected chi connectivity index (χ2v) is 7.21. The van der Waals surface area contributed by atoms with Crippen LogP contribution in [0.5, 0.6) is 0 Å². The maximum atomic E-state index is 12.9. The first-order valence-corrected chi connectivity index (χ1v) is 9.69. The van der Waals surface area contributed by atoms with Gasteiger partial charge in [0.2, 0.25) is 0 Å². The molecule has 1 atom stereocenters. The van der Waals surface area contributed by atoms with Crippen molar-refractivity contribution in [1.82, 2.24) is 14.9 Å². The minimum atomic E-state index is -1.02. The van der Waals surface area contributed by atoms with Crippen LogP contribution in [0, 0.1) is 5.82 Å². The Bertz CT molecular complexity index is 1190. The summed E-state index contributed by atoms with van der Waals surface area (Å²) in [5.74, 6) is -0.789. The molecule has 3 aromatic rings. The van der Waals surface area contributed by atoms with E-state index in [2.05, 4.69) is 10.3 Å². The number of ether oxygens (including phenoxy) is 1. The first-order valence-electron chi connectivity index (χ1n) is 9.69. The van der Waals surface area contributed by atoms with Crippen molar-refractivity contribution in [3.63, 3.8) is 0 Å². The molecule has 8 heteroatoms. The lowest BCUT2D eigenvalue weighted by Gasteiger charge is -2.14. The second-order valence-electron chi connectivity index (χ2n) is 7.21. The smallest absolute Gasteiger partial charge is 0.338 e. The Morgan fingerprint density at radius 1 is 1.23 bits per heavy atom. The molecule has 1 N–H and O–H groups in total. The highest BCUT2D eigenvalue weighted by Crippen LogP contribution is 2.17. The topological polar surface area (TPSA) is 90.3 Å². The molecule has 0 saturated carbocycles. The van der Waals surface area contributed by atoms with E-state index in [1.54, 1.807) is 22.8 Å². The fourth-order valence-corrected chi connectivity index (χ4v) is 3.43. The lowest BCUT2D eigenvalue weighted by molar-refractivity contribution is -0.129. The third-order valence-corrected chi connectivity index (χ3v) is 5.09. The van der Waals surface area contributed by atoms with Gasteiger partial charge < -0.3 is 10.1 Å². The highest BCUT2D eigenvalue weighted by Gasteiger charge is 2.21. The first kappa shape index (κ1) is 19.8. The van der Waals surface area contributed by atoms with Gasteiger partial charge >= 0.3 is 5.97 Å². The summed E-state index contributed by atoms with van der Waals surface area (Å²) in [5.41, 5.74) is 1.27. The Morgan fingerprint density at radius 2 is 2.00 bits per heavy atom. The van der Waals surface area contributed by atoms with Crippen molar-refractivity contribution in [2.75, 3.05) is 0 Å². The number of nitrogens with one attached hydrogen (secondary N) is 1. The lowest BCUT2D eigenvalue weighted by atomic mass is 10.1. The predicted molar refractivity (Wildman–Crippen MR) is 107 cm³/mol. The summed E-state index contributed by atoms with van der Waals surface area (Å²) < 4.78 is 19.9. The summed E-state index contributed by atoms with van der Waals surface area (Å²) in [6.07, 6.45) is 0.579. The molecule has 7 nitrogen and oxygen atoms in total. The molecule has 0 fully saturated rings. The van der Waals surface area contributed by atoms with E-state index in [4.69, 9.17) is 4.74 Å². The fourth-order valence-electron chi connectivity index (χ4n) is 3.43. The Kier molecular flexibility index (Phi) is 5.31. The molecule has 2 aromatic carbocycles. The molecule has 4 rings (SSSR count). The number of fused-ring (bicyclic) bond motifs is 2. The first-order chi connectivity index (χ1) is 14.4. The number of amides is 1. The van der Waals surface area contributed by atoms with Gasteiger partial charge in [0.15, 0.2) is 6.10 Å². The summed E-state index contributed by atoms with van der Waals surface area (Å²) >= 11 is 0. The molecule has 1 aliphatic heterocycles. The molecule has 0 bridgehead atoms. The molecule has 0 aliphatic carbocycles. The van der Waals surface area contributed by atoms with Crippen LogP contribution in [-0.2, 0) is 29.0 Å². The molecular weight excluding hydrogens is 389 g/mol. The zero-order valence-corrected chi connectivity index (χ0v) is 16.4. The molecular formula is C22H20FN3O4. The van der Waals surface area contributed by atoms with Gasteiger partial charge in [-0.25, -0.2) is 14.2 Å². The van der Waals surface area contributed by atoms with Gasteiger partial charge in [-0.05, 0) is 49.2 Å². The lowest BCUT2D eigenvalue weighted by Crippen LogP contribution is -2.35. The number of rotatable bonds is 5. The molecule has 1 aliphatic rings. The Balaban J connectivity index is 1.43. The summed E-state index contributed by atoms with van der Waals surface area (Å²) in [4.78, 5) is 41.7. The van der Waals surface area contributed by atoms with Crippen LogP contribution in [0.25, 0.3) is 10.9 Å². The van der Waals surface area contributed by atoms with Gasteiger partial charge in [-0.2, -0.15) is 0 Å². The van der Waals surface area contributed by atoms with Crippen LogP contribution < -0.4 is 10.9 Å². The number of nitrogens with zero attached hydrogens (tertiary/aromatic N) is 2. The third kappa shape index (κ3) is 3.94. The van der Waals surface area contributed by atoms with Crippen LogP contribution in [0.1, 0.15) is 35.1 Å². The van der Waals surface area contributed by atoms with Gasteiger partial charge in [-0.15, -0.1) is 0 Å². The van der Waals surface area contributed by atoms with Crippen molar-refractivity contribution >= 4 is 22.8 Å². The Morgan fingerprint density at radius 3 is 2.77 bits per heavy atom. The van der Waals surface area contributed by atoms with E-state index in [0.29, 0.717) is 23.3 Å². The molecule has 30 heavy (non-hydrogen) atoms. The summed E-state index contributed by atoms with van der Waals surface area (Å²) in [7, 11) is 0. The maximum absolute atomic E-state index is 12.9.